The van der Waals surface area contributed by atoms with Crippen molar-refractivity contribution < 1.29 is 10.0 Å². The van der Waals surface area contributed by atoms with Crippen LogP contribution in [0.2, 0.25) is 0 Å². The second-order valence-corrected chi connectivity index (χ2v) is 6.53. The van der Waals surface area contributed by atoms with Gasteiger partial charge in [-0.3, -0.25) is 10.1 Å². The molecule has 1 heterocycles. The number of nitrogens with zero attached hydrogens (tertiary/aromatic N) is 2. The van der Waals surface area contributed by atoms with Crippen molar-refractivity contribution in [2.45, 2.75) is 6.54 Å². The highest BCUT2D eigenvalue weighted by Crippen LogP contribution is 2.33. The number of aromatic nitrogens is 1. The molecule has 0 saturated heterocycles. The van der Waals surface area contributed by atoms with Gasteiger partial charge in [-0.15, -0.1) is 0 Å². The van der Waals surface area contributed by atoms with Crippen LogP contribution in [0.15, 0.2) is 77.8 Å². The van der Waals surface area contributed by atoms with Crippen molar-refractivity contribution in [2.75, 3.05) is 0 Å². The Labute approximate surface area is 166 Å². The van der Waals surface area contributed by atoms with E-state index in [1.54, 1.807) is 6.07 Å². The summed E-state index contributed by atoms with van der Waals surface area (Å²) in [4.78, 5) is 18.4. The number of hydrogen-bond acceptors (Lipinski definition) is 5. The molecule has 0 atom stereocenters. The fourth-order valence-electron chi connectivity index (χ4n) is 3.22. The van der Waals surface area contributed by atoms with Gasteiger partial charge in [0.05, 0.1) is 21.9 Å². The van der Waals surface area contributed by atoms with E-state index in [4.69, 9.17) is 10.7 Å². The lowest BCUT2D eigenvalue weighted by Gasteiger charge is -2.08. The smallest absolute Gasteiger partial charge is 0.270 e. The Morgan fingerprint density at radius 2 is 1.79 bits per heavy atom. The Hall–Kier alpha value is -3.97. The minimum Gasteiger partial charge on any atom is -0.494 e. The Balaban J connectivity index is 1.96. The summed E-state index contributed by atoms with van der Waals surface area (Å²) in [7, 11) is 0. The SMILES string of the molecule is NCc1ccc(N=C(c2ccccc2)c2c(O)[nH]c3ccc([N+](=O)[O-])cc23)cc1. The summed E-state index contributed by atoms with van der Waals surface area (Å²) in [6, 6.07) is 21.3. The van der Waals surface area contributed by atoms with E-state index in [-0.39, 0.29) is 11.6 Å². The molecule has 1 aromatic heterocycles. The summed E-state index contributed by atoms with van der Waals surface area (Å²) in [5, 5.41) is 22.4. The molecule has 0 unspecified atom stereocenters. The van der Waals surface area contributed by atoms with Crippen molar-refractivity contribution in [1.82, 2.24) is 4.98 Å². The van der Waals surface area contributed by atoms with E-state index in [2.05, 4.69) is 4.98 Å². The Morgan fingerprint density at radius 1 is 1.07 bits per heavy atom. The molecule has 4 rings (SSSR count). The Kier molecular flexibility index (Phi) is 4.80. The third-order valence-electron chi connectivity index (χ3n) is 4.67. The van der Waals surface area contributed by atoms with Crippen LogP contribution in [-0.4, -0.2) is 20.7 Å². The number of non-ortho nitro benzene ring substituents is 1. The zero-order valence-electron chi connectivity index (χ0n) is 15.4. The first-order chi connectivity index (χ1) is 14.1. The zero-order chi connectivity index (χ0) is 20.4. The van der Waals surface area contributed by atoms with Crippen LogP contribution < -0.4 is 5.73 Å². The van der Waals surface area contributed by atoms with E-state index >= 15 is 0 Å². The van der Waals surface area contributed by atoms with E-state index in [0.717, 1.165) is 11.1 Å². The quantitative estimate of drug-likeness (QED) is 0.267. The predicted molar refractivity (Wildman–Crippen MR) is 113 cm³/mol. The lowest BCUT2D eigenvalue weighted by molar-refractivity contribution is -0.384. The second kappa shape index (κ2) is 7.57. The number of aliphatic imine (C=N–C) groups is 1. The molecular weight excluding hydrogens is 368 g/mol. The summed E-state index contributed by atoms with van der Waals surface area (Å²) in [5.41, 5.74) is 9.56. The van der Waals surface area contributed by atoms with Crippen LogP contribution in [0.5, 0.6) is 5.88 Å². The Morgan fingerprint density at radius 3 is 2.45 bits per heavy atom. The summed E-state index contributed by atoms with van der Waals surface area (Å²) in [6.07, 6.45) is 0. The highest BCUT2D eigenvalue weighted by atomic mass is 16.6. The number of rotatable bonds is 5. The third-order valence-corrected chi connectivity index (χ3v) is 4.67. The van der Waals surface area contributed by atoms with Gasteiger partial charge in [0.15, 0.2) is 5.88 Å². The van der Waals surface area contributed by atoms with Crippen LogP contribution in [0, 0.1) is 10.1 Å². The maximum absolute atomic E-state index is 11.2. The van der Waals surface area contributed by atoms with Crippen LogP contribution in [0.25, 0.3) is 10.9 Å². The number of nitro benzene ring substituents is 1. The average molecular weight is 386 g/mol. The molecule has 0 amide bonds. The summed E-state index contributed by atoms with van der Waals surface area (Å²) >= 11 is 0. The van der Waals surface area contributed by atoms with Crippen molar-refractivity contribution >= 4 is 28.0 Å². The van der Waals surface area contributed by atoms with Crippen molar-refractivity contribution in [2.24, 2.45) is 10.7 Å². The van der Waals surface area contributed by atoms with E-state index in [1.165, 1.54) is 12.1 Å². The van der Waals surface area contributed by atoms with Crippen LogP contribution in [0.3, 0.4) is 0 Å². The second-order valence-electron chi connectivity index (χ2n) is 6.53. The minimum absolute atomic E-state index is 0.0579. The molecule has 29 heavy (non-hydrogen) atoms. The van der Waals surface area contributed by atoms with Gasteiger partial charge in [0.1, 0.15) is 0 Å². The molecule has 0 spiro atoms. The number of H-pyrrole nitrogens is 1. The largest absolute Gasteiger partial charge is 0.494 e. The molecule has 4 aromatic rings. The van der Waals surface area contributed by atoms with Gasteiger partial charge in [-0.1, -0.05) is 42.5 Å². The van der Waals surface area contributed by atoms with Crippen LogP contribution in [0.1, 0.15) is 16.7 Å². The van der Waals surface area contributed by atoms with Crippen LogP contribution >= 0.6 is 0 Å². The van der Waals surface area contributed by atoms with Gasteiger partial charge in [0, 0.05) is 35.1 Å². The predicted octanol–water partition coefficient (Wildman–Crippen LogP) is 4.41. The molecule has 0 bridgehead atoms. The molecule has 0 saturated carbocycles. The van der Waals surface area contributed by atoms with E-state index in [1.807, 2.05) is 54.6 Å². The summed E-state index contributed by atoms with van der Waals surface area (Å²) in [6.45, 7) is 0.433. The maximum Gasteiger partial charge on any atom is 0.270 e. The molecule has 7 heteroatoms. The molecule has 7 nitrogen and oxygen atoms in total. The molecule has 0 aliphatic carbocycles. The van der Waals surface area contributed by atoms with Crippen molar-refractivity contribution in [1.29, 1.82) is 0 Å². The van der Waals surface area contributed by atoms with E-state index in [0.29, 0.717) is 34.4 Å². The third kappa shape index (κ3) is 3.59. The molecule has 4 N–H and O–H groups in total. The highest BCUT2D eigenvalue weighted by molar-refractivity contribution is 6.22. The Bertz CT molecular complexity index is 1210. The van der Waals surface area contributed by atoms with Crippen LogP contribution in [-0.2, 0) is 6.54 Å². The number of nitrogens with two attached hydrogens (primary N) is 1. The number of nitrogens with one attached hydrogen (secondary N) is 1. The standard InChI is InChI=1S/C22H18N4O3/c23-13-14-6-8-16(9-7-14)24-21(15-4-2-1-3-5-15)20-18-12-17(26(28)29)10-11-19(18)25-22(20)27/h1-12,25,27H,13,23H2. The normalized spacial score (nSPS) is 11.7. The number of aromatic amines is 1. The average Bonchev–Trinajstić information content (AvgIpc) is 3.07. The number of aromatic hydroxyl groups is 1. The molecule has 144 valence electrons. The molecule has 0 radical (unpaired) electrons. The number of benzene rings is 3. The van der Waals surface area contributed by atoms with Gasteiger partial charge in [-0.05, 0) is 23.8 Å². The number of fused-ring (bicyclic) bond motifs is 1. The number of nitro groups is 1. The monoisotopic (exact) mass is 386 g/mol. The first kappa shape index (κ1) is 18.4. The molecule has 3 aromatic carbocycles. The zero-order valence-corrected chi connectivity index (χ0v) is 15.4. The lowest BCUT2D eigenvalue weighted by Crippen LogP contribution is -2.03. The minimum atomic E-state index is -0.460. The van der Waals surface area contributed by atoms with Gasteiger partial charge in [-0.2, -0.15) is 0 Å². The van der Waals surface area contributed by atoms with Gasteiger partial charge in [0.2, 0.25) is 0 Å². The fourth-order valence-corrected chi connectivity index (χ4v) is 3.22. The van der Waals surface area contributed by atoms with Gasteiger partial charge >= 0.3 is 0 Å². The van der Waals surface area contributed by atoms with E-state index in [9.17, 15) is 15.2 Å². The van der Waals surface area contributed by atoms with E-state index < -0.39 is 4.92 Å². The van der Waals surface area contributed by atoms with Crippen molar-refractivity contribution in [3.8, 4) is 5.88 Å². The van der Waals surface area contributed by atoms with Gasteiger partial charge in [-0.25, -0.2) is 4.99 Å². The maximum atomic E-state index is 11.2. The summed E-state index contributed by atoms with van der Waals surface area (Å²) < 4.78 is 0. The van der Waals surface area contributed by atoms with Crippen LogP contribution in [0.4, 0.5) is 11.4 Å². The van der Waals surface area contributed by atoms with Gasteiger partial charge < -0.3 is 15.8 Å². The lowest BCUT2D eigenvalue weighted by atomic mass is 10.0. The molecule has 0 aliphatic heterocycles. The van der Waals surface area contributed by atoms with Crippen molar-refractivity contribution in [3.05, 3.63) is 99.6 Å². The van der Waals surface area contributed by atoms with Crippen molar-refractivity contribution in [3.63, 3.8) is 0 Å². The summed E-state index contributed by atoms with van der Waals surface area (Å²) in [5.74, 6) is -0.0957. The number of hydrogen-bond donors (Lipinski definition) is 3. The van der Waals surface area contributed by atoms with Gasteiger partial charge in [0.25, 0.3) is 5.69 Å². The first-order valence-electron chi connectivity index (χ1n) is 8.99. The first-order valence-corrected chi connectivity index (χ1v) is 8.99. The topological polar surface area (TPSA) is 118 Å². The molecule has 0 fully saturated rings. The highest BCUT2D eigenvalue weighted by Gasteiger charge is 2.20. The fraction of sp³-hybridized carbons (Fsp3) is 0.0455. The molecule has 0 aliphatic rings. The molecular formula is C22H18N4O3.